The minimum absolute atomic E-state index is 0.558. The summed E-state index contributed by atoms with van der Waals surface area (Å²) >= 11 is 5.58. The first kappa shape index (κ1) is 15.4. The summed E-state index contributed by atoms with van der Waals surface area (Å²) in [6.07, 6.45) is 9.69. The Labute approximate surface area is 102 Å². The highest BCUT2D eigenvalue weighted by molar-refractivity contribution is 6.29. The van der Waals surface area contributed by atoms with E-state index in [0.717, 1.165) is 44.8 Å². The van der Waals surface area contributed by atoms with E-state index in [1.165, 1.54) is 6.42 Å². The highest BCUT2D eigenvalue weighted by atomic mass is 35.5. The third kappa shape index (κ3) is 9.97. The van der Waals surface area contributed by atoms with Gasteiger partial charge in [-0.05, 0) is 12.8 Å². The Hall–Kier alpha value is -0.570. The zero-order valence-corrected chi connectivity index (χ0v) is 10.4. The Morgan fingerprint density at radius 1 is 1.06 bits per heavy atom. The van der Waals surface area contributed by atoms with E-state index in [2.05, 4.69) is 0 Å². The SMILES string of the molecule is O=CCCCCCCCCCC(Cl)C(=O)O. The molecule has 0 fully saturated rings. The molecule has 0 rings (SSSR count). The van der Waals surface area contributed by atoms with Gasteiger partial charge in [-0.25, -0.2) is 0 Å². The number of aldehydes is 1. The van der Waals surface area contributed by atoms with E-state index in [0.29, 0.717) is 12.8 Å². The van der Waals surface area contributed by atoms with E-state index in [9.17, 15) is 9.59 Å². The minimum Gasteiger partial charge on any atom is -0.480 e. The molecule has 16 heavy (non-hydrogen) atoms. The van der Waals surface area contributed by atoms with Gasteiger partial charge in [0.15, 0.2) is 0 Å². The average Bonchev–Trinajstić information content (AvgIpc) is 2.26. The van der Waals surface area contributed by atoms with Gasteiger partial charge in [0.25, 0.3) is 0 Å². The minimum atomic E-state index is -0.921. The second kappa shape index (κ2) is 10.9. The van der Waals surface area contributed by atoms with Crippen molar-refractivity contribution < 1.29 is 14.7 Å². The molecule has 0 saturated heterocycles. The fourth-order valence-electron chi connectivity index (χ4n) is 1.56. The van der Waals surface area contributed by atoms with Gasteiger partial charge in [-0.15, -0.1) is 11.6 Å². The van der Waals surface area contributed by atoms with Gasteiger partial charge in [0, 0.05) is 6.42 Å². The van der Waals surface area contributed by atoms with E-state index in [1.807, 2.05) is 0 Å². The highest BCUT2D eigenvalue weighted by Crippen LogP contribution is 2.12. The number of unbranched alkanes of at least 4 members (excludes halogenated alkanes) is 7. The third-order valence-electron chi connectivity index (χ3n) is 2.55. The van der Waals surface area contributed by atoms with Crippen molar-refractivity contribution in [2.75, 3.05) is 0 Å². The Bertz CT molecular complexity index is 195. The van der Waals surface area contributed by atoms with Gasteiger partial charge in [0.1, 0.15) is 11.7 Å². The Balaban J connectivity index is 3.09. The number of aliphatic carboxylic acids is 1. The molecule has 0 heterocycles. The van der Waals surface area contributed by atoms with Crippen LogP contribution in [0.4, 0.5) is 0 Å². The molecule has 0 aliphatic heterocycles. The zero-order chi connectivity index (χ0) is 12.2. The summed E-state index contributed by atoms with van der Waals surface area (Å²) in [7, 11) is 0. The zero-order valence-electron chi connectivity index (χ0n) is 9.66. The van der Waals surface area contributed by atoms with Gasteiger partial charge < -0.3 is 9.90 Å². The van der Waals surface area contributed by atoms with Gasteiger partial charge in [-0.2, -0.15) is 0 Å². The fraction of sp³-hybridized carbons (Fsp3) is 0.833. The van der Waals surface area contributed by atoms with Crippen LogP contribution in [0.25, 0.3) is 0 Å². The summed E-state index contributed by atoms with van der Waals surface area (Å²) in [5.74, 6) is -0.921. The molecule has 0 amide bonds. The van der Waals surface area contributed by atoms with Crippen molar-refractivity contribution in [1.82, 2.24) is 0 Å². The molecule has 0 saturated carbocycles. The molecule has 0 spiro atoms. The molecule has 0 aromatic rings. The maximum Gasteiger partial charge on any atom is 0.321 e. The number of carboxylic acid groups (broad SMARTS) is 1. The van der Waals surface area contributed by atoms with E-state index in [4.69, 9.17) is 16.7 Å². The summed E-state index contributed by atoms with van der Waals surface area (Å²) in [4.78, 5) is 20.4. The number of carbonyl (C=O) groups excluding carboxylic acids is 1. The van der Waals surface area contributed by atoms with Crippen molar-refractivity contribution >= 4 is 23.9 Å². The first-order valence-electron chi connectivity index (χ1n) is 5.99. The van der Waals surface area contributed by atoms with Crippen LogP contribution >= 0.6 is 11.6 Å². The summed E-state index contributed by atoms with van der Waals surface area (Å²) in [6.45, 7) is 0. The van der Waals surface area contributed by atoms with Crippen LogP contribution in [0.1, 0.15) is 57.8 Å². The molecule has 1 atom stereocenters. The monoisotopic (exact) mass is 248 g/mol. The molecule has 0 radical (unpaired) electrons. The van der Waals surface area contributed by atoms with Gasteiger partial charge in [-0.1, -0.05) is 38.5 Å². The lowest BCUT2D eigenvalue weighted by Gasteiger charge is -2.03. The van der Waals surface area contributed by atoms with Crippen molar-refractivity contribution in [2.45, 2.75) is 63.2 Å². The van der Waals surface area contributed by atoms with E-state index < -0.39 is 11.3 Å². The topological polar surface area (TPSA) is 54.4 Å². The number of halogens is 1. The summed E-state index contributed by atoms with van der Waals surface area (Å²) in [5.41, 5.74) is 0. The molecule has 94 valence electrons. The predicted octanol–water partition coefficient (Wildman–Crippen LogP) is 3.39. The molecule has 1 unspecified atom stereocenters. The lowest BCUT2D eigenvalue weighted by atomic mass is 10.1. The van der Waals surface area contributed by atoms with E-state index in [-0.39, 0.29) is 0 Å². The van der Waals surface area contributed by atoms with Crippen LogP contribution in [0, 0.1) is 0 Å². The lowest BCUT2D eigenvalue weighted by Crippen LogP contribution is -2.12. The third-order valence-corrected chi connectivity index (χ3v) is 2.95. The van der Waals surface area contributed by atoms with Crippen molar-refractivity contribution in [3.8, 4) is 0 Å². The molecular weight excluding hydrogens is 228 g/mol. The number of carboxylic acids is 1. The average molecular weight is 249 g/mol. The number of hydrogen-bond donors (Lipinski definition) is 1. The van der Waals surface area contributed by atoms with Crippen LogP contribution in [0.2, 0.25) is 0 Å². The number of rotatable bonds is 11. The summed E-state index contributed by atoms with van der Waals surface area (Å²) in [5, 5.41) is 7.82. The Kier molecular flexibility index (Phi) is 10.5. The maximum atomic E-state index is 10.4. The maximum absolute atomic E-state index is 10.4. The molecule has 4 heteroatoms. The van der Waals surface area contributed by atoms with E-state index >= 15 is 0 Å². The van der Waals surface area contributed by atoms with Crippen molar-refractivity contribution in [3.05, 3.63) is 0 Å². The lowest BCUT2D eigenvalue weighted by molar-refractivity contribution is -0.136. The quantitative estimate of drug-likeness (QED) is 0.346. The molecule has 0 aromatic carbocycles. The fourth-order valence-corrected chi connectivity index (χ4v) is 1.71. The molecular formula is C12H21ClO3. The van der Waals surface area contributed by atoms with Crippen LogP contribution in [0.5, 0.6) is 0 Å². The van der Waals surface area contributed by atoms with Gasteiger partial charge in [-0.3, -0.25) is 4.79 Å². The molecule has 0 aromatic heterocycles. The van der Waals surface area contributed by atoms with Crippen molar-refractivity contribution in [2.24, 2.45) is 0 Å². The standard InChI is InChI=1S/C12H21ClO3/c13-11(12(15)16)9-7-5-3-1-2-4-6-8-10-14/h10-11H,1-9H2,(H,15,16). The molecule has 0 aliphatic carbocycles. The van der Waals surface area contributed by atoms with Crippen LogP contribution in [-0.2, 0) is 9.59 Å². The van der Waals surface area contributed by atoms with E-state index in [1.54, 1.807) is 0 Å². The molecule has 0 aliphatic rings. The normalized spacial score (nSPS) is 12.3. The molecule has 3 nitrogen and oxygen atoms in total. The molecule has 0 bridgehead atoms. The van der Waals surface area contributed by atoms with Crippen LogP contribution in [-0.4, -0.2) is 22.7 Å². The van der Waals surface area contributed by atoms with Gasteiger partial charge in [0.05, 0.1) is 0 Å². The smallest absolute Gasteiger partial charge is 0.321 e. The van der Waals surface area contributed by atoms with Crippen LogP contribution in [0.3, 0.4) is 0 Å². The van der Waals surface area contributed by atoms with Gasteiger partial charge in [0.2, 0.25) is 0 Å². The summed E-state index contributed by atoms with van der Waals surface area (Å²) in [6, 6.07) is 0. The predicted molar refractivity (Wildman–Crippen MR) is 64.9 cm³/mol. The largest absolute Gasteiger partial charge is 0.480 e. The highest BCUT2D eigenvalue weighted by Gasteiger charge is 2.11. The van der Waals surface area contributed by atoms with Crippen LogP contribution in [0.15, 0.2) is 0 Å². The molecule has 1 N–H and O–H groups in total. The van der Waals surface area contributed by atoms with Gasteiger partial charge >= 0.3 is 5.97 Å². The summed E-state index contributed by atoms with van der Waals surface area (Å²) < 4.78 is 0. The van der Waals surface area contributed by atoms with Crippen molar-refractivity contribution in [1.29, 1.82) is 0 Å². The second-order valence-electron chi connectivity index (χ2n) is 4.02. The Morgan fingerprint density at radius 2 is 1.56 bits per heavy atom. The Morgan fingerprint density at radius 3 is 2.06 bits per heavy atom. The van der Waals surface area contributed by atoms with Crippen LogP contribution < -0.4 is 0 Å². The second-order valence-corrected chi connectivity index (χ2v) is 4.55. The first-order valence-corrected chi connectivity index (χ1v) is 6.42. The van der Waals surface area contributed by atoms with Crippen molar-refractivity contribution in [3.63, 3.8) is 0 Å². The number of carbonyl (C=O) groups is 2. The number of hydrogen-bond acceptors (Lipinski definition) is 2. The number of alkyl halides is 1. The first-order chi connectivity index (χ1) is 7.68.